The first kappa shape index (κ1) is 14.8. The number of amides is 1. The molecule has 1 heterocycles. The monoisotopic (exact) mass is 266 g/mol. The average molecular weight is 266 g/mol. The van der Waals surface area contributed by atoms with Crippen molar-refractivity contribution in [2.45, 2.75) is 77.8 Å². The molecule has 3 heteroatoms. The van der Waals surface area contributed by atoms with E-state index in [1.807, 2.05) is 0 Å². The number of nitrogens with one attached hydrogen (secondary N) is 2. The van der Waals surface area contributed by atoms with Crippen molar-refractivity contribution in [3.63, 3.8) is 0 Å². The Balaban J connectivity index is 2.00. The van der Waals surface area contributed by atoms with Gasteiger partial charge in [-0.15, -0.1) is 0 Å². The summed E-state index contributed by atoms with van der Waals surface area (Å²) in [5.74, 6) is 0.910. The molecule has 2 fully saturated rings. The highest BCUT2D eigenvalue weighted by atomic mass is 16.2. The predicted molar refractivity (Wildman–Crippen MR) is 79.0 cm³/mol. The second-order valence-corrected chi connectivity index (χ2v) is 7.37. The van der Waals surface area contributed by atoms with Gasteiger partial charge in [-0.25, -0.2) is 0 Å². The molecule has 3 unspecified atom stereocenters. The van der Waals surface area contributed by atoms with Gasteiger partial charge >= 0.3 is 0 Å². The van der Waals surface area contributed by atoms with E-state index in [9.17, 15) is 4.79 Å². The Kier molecular flexibility index (Phi) is 4.88. The quantitative estimate of drug-likeness (QED) is 0.807. The summed E-state index contributed by atoms with van der Waals surface area (Å²) in [6, 6.07) is 0.554. The fourth-order valence-electron chi connectivity index (χ4n) is 3.72. The minimum absolute atomic E-state index is 0.0375. The van der Waals surface area contributed by atoms with Crippen LogP contribution in [0.2, 0.25) is 0 Å². The van der Waals surface area contributed by atoms with Crippen molar-refractivity contribution in [2.24, 2.45) is 11.3 Å². The smallest absolute Gasteiger partial charge is 0.237 e. The Morgan fingerprint density at radius 3 is 2.47 bits per heavy atom. The van der Waals surface area contributed by atoms with Crippen LogP contribution in [0.4, 0.5) is 0 Å². The molecule has 0 radical (unpaired) electrons. The minimum atomic E-state index is 0.0375. The molecule has 0 aromatic carbocycles. The normalized spacial score (nSPS) is 33.6. The molecule has 0 aromatic heterocycles. The molecule has 1 amide bonds. The van der Waals surface area contributed by atoms with Crippen LogP contribution >= 0.6 is 0 Å². The molecule has 0 bridgehead atoms. The molecule has 3 atom stereocenters. The molecular formula is C16H30N2O. The Hall–Kier alpha value is -0.570. The fourth-order valence-corrected chi connectivity index (χ4v) is 3.72. The molecule has 1 saturated heterocycles. The van der Waals surface area contributed by atoms with Gasteiger partial charge in [-0.1, -0.05) is 33.6 Å². The van der Waals surface area contributed by atoms with E-state index in [1.165, 1.54) is 25.7 Å². The van der Waals surface area contributed by atoms with Gasteiger partial charge in [0.15, 0.2) is 0 Å². The maximum Gasteiger partial charge on any atom is 0.237 e. The number of hydrogen-bond donors (Lipinski definition) is 2. The van der Waals surface area contributed by atoms with Crippen molar-refractivity contribution in [3.05, 3.63) is 0 Å². The summed E-state index contributed by atoms with van der Waals surface area (Å²) >= 11 is 0. The molecule has 110 valence electrons. The van der Waals surface area contributed by atoms with Crippen LogP contribution in [0, 0.1) is 11.3 Å². The fraction of sp³-hybridized carbons (Fsp3) is 0.938. The molecule has 2 aliphatic rings. The third-order valence-corrected chi connectivity index (χ3v) is 4.83. The average Bonchev–Trinajstić information content (AvgIpc) is 2.54. The molecule has 1 aliphatic carbocycles. The van der Waals surface area contributed by atoms with Crippen molar-refractivity contribution >= 4 is 5.91 Å². The van der Waals surface area contributed by atoms with Crippen LogP contribution in [-0.2, 0) is 4.79 Å². The van der Waals surface area contributed by atoms with Crippen LogP contribution in [-0.4, -0.2) is 24.5 Å². The summed E-state index contributed by atoms with van der Waals surface area (Å²) in [6.45, 7) is 7.87. The maximum atomic E-state index is 12.1. The highest BCUT2D eigenvalue weighted by Gasteiger charge is 2.36. The molecule has 1 saturated carbocycles. The lowest BCUT2D eigenvalue weighted by atomic mass is 9.69. The van der Waals surface area contributed by atoms with E-state index in [1.54, 1.807) is 0 Å². The molecular weight excluding hydrogens is 236 g/mol. The summed E-state index contributed by atoms with van der Waals surface area (Å²) in [4.78, 5) is 12.1. The van der Waals surface area contributed by atoms with Gasteiger partial charge in [0.2, 0.25) is 5.91 Å². The third-order valence-electron chi connectivity index (χ3n) is 4.83. The Morgan fingerprint density at radius 2 is 1.74 bits per heavy atom. The lowest BCUT2D eigenvalue weighted by Crippen LogP contribution is -2.52. The van der Waals surface area contributed by atoms with E-state index in [-0.39, 0.29) is 11.9 Å². The predicted octanol–water partition coefficient (Wildman–Crippen LogP) is 2.85. The minimum Gasteiger partial charge on any atom is -0.355 e. The number of hydrogen-bond acceptors (Lipinski definition) is 2. The van der Waals surface area contributed by atoms with Crippen LogP contribution in [0.1, 0.15) is 65.7 Å². The lowest BCUT2D eigenvalue weighted by molar-refractivity contribution is -0.123. The summed E-state index contributed by atoms with van der Waals surface area (Å²) < 4.78 is 0. The largest absolute Gasteiger partial charge is 0.355 e. The van der Waals surface area contributed by atoms with E-state index in [4.69, 9.17) is 0 Å². The SMILES string of the molecule is CC(C)(C)C1CCCCC1NC1CCCCNC1=O. The molecule has 0 aromatic rings. The van der Waals surface area contributed by atoms with Gasteiger partial charge < -0.3 is 10.6 Å². The summed E-state index contributed by atoms with van der Waals surface area (Å²) in [5.41, 5.74) is 0.333. The molecule has 2 rings (SSSR count). The molecule has 0 spiro atoms. The number of carbonyl (C=O) groups excluding carboxylic acids is 1. The van der Waals surface area contributed by atoms with E-state index in [2.05, 4.69) is 31.4 Å². The maximum absolute atomic E-state index is 12.1. The van der Waals surface area contributed by atoms with E-state index >= 15 is 0 Å². The molecule has 2 N–H and O–H groups in total. The first-order valence-electron chi connectivity index (χ1n) is 8.02. The van der Waals surface area contributed by atoms with Crippen LogP contribution in [0.25, 0.3) is 0 Å². The molecule has 19 heavy (non-hydrogen) atoms. The van der Waals surface area contributed by atoms with E-state index in [0.717, 1.165) is 25.8 Å². The summed E-state index contributed by atoms with van der Waals surface area (Å²) in [5, 5.41) is 6.73. The second-order valence-electron chi connectivity index (χ2n) is 7.37. The van der Waals surface area contributed by atoms with E-state index < -0.39 is 0 Å². The molecule has 1 aliphatic heterocycles. The zero-order valence-corrected chi connectivity index (χ0v) is 12.8. The van der Waals surface area contributed by atoms with Crippen molar-refractivity contribution in [3.8, 4) is 0 Å². The van der Waals surface area contributed by atoms with Crippen LogP contribution in [0.3, 0.4) is 0 Å². The zero-order valence-electron chi connectivity index (χ0n) is 12.8. The van der Waals surface area contributed by atoms with Gasteiger partial charge in [0.05, 0.1) is 6.04 Å². The Bertz CT molecular complexity index is 308. The summed E-state index contributed by atoms with van der Waals surface area (Å²) in [7, 11) is 0. The van der Waals surface area contributed by atoms with Gasteiger partial charge in [0.25, 0.3) is 0 Å². The van der Waals surface area contributed by atoms with Gasteiger partial charge in [-0.2, -0.15) is 0 Å². The molecule has 3 nitrogen and oxygen atoms in total. The second kappa shape index (κ2) is 6.25. The Morgan fingerprint density at radius 1 is 1.05 bits per heavy atom. The first-order chi connectivity index (χ1) is 8.98. The van der Waals surface area contributed by atoms with E-state index in [0.29, 0.717) is 17.4 Å². The number of carbonyl (C=O) groups is 1. The standard InChI is InChI=1S/C16H30N2O/c1-16(2,3)12-8-4-5-9-13(12)18-14-10-6-7-11-17-15(14)19/h12-14,18H,4-11H2,1-3H3,(H,17,19). The van der Waals surface area contributed by atoms with Gasteiger partial charge in [0.1, 0.15) is 0 Å². The van der Waals surface area contributed by atoms with Crippen molar-refractivity contribution in [2.75, 3.05) is 6.54 Å². The topological polar surface area (TPSA) is 41.1 Å². The highest BCUT2D eigenvalue weighted by Crippen LogP contribution is 2.38. The van der Waals surface area contributed by atoms with Crippen LogP contribution in [0.5, 0.6) is 0 Å². The Labute approximate surface area is 117 Å². The van der Waals surface area contributed by atoms with Gasteiger partial charge in [-0.05, 0) is 43.4 Å². The first-order valence-corrected chi connectivity index (χ1v) is 8.02. The highest BCUT2D eigenvalue weighted by molar-refractivity contribution is 5.81. The zero-order chi connectivity index (χ0) is 13.9. The third kappa shape index (κ3) is 3.95. The number of rotatable bonds is 2. The van der Waals surface area contributed by atoms with Crippen molar-refractivity contribution < 1.29 is 4.79 Å². The van der Waals surface area contributed by atoms with Gasteiger partial charge in [0, 0.05) is 12.6 Å². The lowest BCUT2D eigenvalue weighted by Gasteiger charge is -2.42. The van der Waals surface area contributed by atoms with Crippen LogP contribution < -0.4 is 10.6 Å². The van der Waals surface area contributed by atoms with Crippen molar-refractivity contribution in [1.29, 1.82) is 0 Å². The van der Waals surface area contributed by atoms with Gasteiger partial charge in [-0.3, -0.25) is 4.79 Å². The van der Waals surface area contributed by atoms with Crippen LogP contribution in [0.15, 0.2) is 0 Å². The van der Waals surface area contributed by atoms with Crippen molar-refractivity contribution in [1.82, 2.24) is 10.6 Å². The summed E-state index contributed by atoms with van der Waals surface area (Å²) in [6.07, 6.45) is 8.45.